The Labute approximate surface area is 144 Å². The molecule has 0 aromatic heterocycles. The minimum absolute atomic E-state index is 0.00525. The number of hydrogen-bond donors (Lipinski definition) is 1. The monoisotopic (exact) mass is 341 g/mol. The number of hydrogen-bond acceptors (Lipinski definition) is 4. The number of methoxy groups -OCH3 is 2. The average molecular weight is 341 g/mol. The summed E-state index contributed by atoms with van der Waals surface area (Å²) < 4.78 is 10.4. The zero-order valence-corrected chi connectivity index (χ0v) is 15.2. The Hall–Kier alpha value is -1.34. The summed E-state index contributed by atoms with van der Waals surface area (Å²) in [6.07, 6.45) is 2.68. The second kappa shape index (κ2) is 8.67. The Morgan fingerprint density at radius 2 is 1.88 bits per heavy atom. The van der Waals surface area contributed by atoms with Crippen molar-refractivity contribution in [1.82, 2.24) is 15.1 Å². The van der Waals surface area contributed by atoms with Crippen LogP contribution in [0.5, 0.6) is 0 Å². The molecule has 1 N–H and O–H groups in total. The minimum Gasteiger partial charge on any atom is -0.385 e. The van der Waals surface area contributed by atoms with Gasteiger partial charge in [-0.15, -0.1) is 0 Å². The van der Waals surface area contributed by atoms with E-state index in [1.165, 1.54) is 0 Å². The fourth-order valence-corrected chi connectivity index (χ4v) is 3.95. The number of nitrogens with one attached hydrogen (secondary N) is 1. The molecule has 1 unspecified atom stereocenters. The van der Waals surface area contributed by atoms with Crippen LogP contribution in [0, 0.1) is 11.3 Å². The van der Waals surface area contributed by atoms with E-state index in [4.69, 9.17) is 9.47 Å². The van der Waals surface area contributed by atoms with Crippen molar-refractivity contribution >= 4 is 11.9 Å². The molecule has 2 aliphatic rings. The van der Waals surface area contributed by atoms with E-state index in [1.807, 2.05) is 9.80 Å². The molecule has 1 atom stereocenters. The molecule has 2 saturated heterocycles. The van der Waals surface area contributed by atoms with Crippen LogP contribution in [0.1, 0.15) is 26.2 Å². The largest absolute Gasteiger partial charge is 0.385 e. The van der Waals surface area contributed by atoms with Gasteiger partial charge in [0.2, 0.25) is 5.91 Å². The van der Waals surface area contributed by atoms with Crippen molar-refractivity contribution in [3.05, 3.63) is 0 Å². The highest BCUT2D eigenvalue weighted by atomic mass is 16.5. The van der Waals surface area contributed by atoms with Gasteiger partial charge >= 0.3 is 6.03 Å². The number of nitrogens with zero attached hydrogens (tertiary/aromatic N) is 2. The molecular weight excluding hydrogens is 310 g/mol. The summed E-state index contributed by atoms with van der Waals surface area (Å²) in [5.41, 5.74) is 0.0918. The maximum atomic E-state index is 12.2. The average Bonchev–Trinajstić information content (AvgIpc) is 2.91. The van der Waals surface area contributed by atoms with Crippen LogP contribution in [0.15, 0.2) is 0 Å². The molecule has 2 rings (SSSR count). The molecule has 24 heavy (non-hydrogen) atoms. The van der Waals surface area contributed by atoms with Gasteiger partial charge in [0.1, 0.15) is 0 Å². The molecule has 138 valence electrons. The Morgan fingerprint density at radius 1 is 1.17 bits per heavy atom. The highest BCUT2D eigenvalue weighted by Crippen LogP contribution is 2.44. The SMILES string of the molecule is COCCCNC(=O)N1CCC2(CC1)CN(C(C)=O)CC2COC. The molecular formula is C17H31N3O4. The number of rotatable bonds is 6. The number of carbonyl (C=O) groups is 2. The van der Waals surface area contributed by atoms with Gasteiger partial charge in [0.15, 0.2) is 0 Å². The zero-order chi connectivity index (χ0) is 17.6. The van der Waals surface area contributed by atoms with E-state index in [-0.39, 0.29) is 17.4 Å². The van der Waals surface area contributed by atoms with Crippen molar-refractivity contribution in [2.24, 2.45) is 11.3 Å². The lowest BCUT2D eigenvalue weighted by Crippen LogP contribution is -2.50. The smallest absolute Gasteiger partial charge is 0.317 e. The van der Waals surface area contributed by atoms with Crippen LogP contribution in [-0.2, 0) is 14.3 Å². The maximum absolute atomic E-state index is 12.2. The Kier molecular flexibility index (Phi) is 6.86. The molecule has 2 aliphatic heterocycles. The van der Waals surface area contributed by atoms with Crippen LogP contribution in [0.2, 0.25) is 0 Å². The number of ether oxygens (including phenoxy) is 2. The Balaban J connectivity index is 1.87. The summed E-state index contributed by atoms with van der Waals surface area (Å²) in [6, 6.07) is 0.00525. The first-order chi connectivity index (χ1) is 11.5. The van der Waals surface area contributed by atoms with Gasteiger partial charge in [0.25, 0.3) is 0 Å². The molecule has 2 heterocycles. The molecule has 0 saturated carbocycles. The first-order valence-electron chi connectivity index (χ1n) is 8.78. The van der Waals surface area contributed by atoms with Crippen LogP contribution in [-0.4, -0.2) is 81.9 Å². The summed E-state index contributed by atoms with van der Waals surface area (Å²) in [5.74, 6) is 0.490. The van der Waals surface area contributed by atoms with Gasteiger partial charge in [-0.25, -0.2) is 4.79 Å². The molecule has 0 aromatic carbocycles. The molecule has 0 radical (unpaired) electrons. The number of urea groups is 1. The van der Waals surface area contributed by atoms with E-state index in [1.54, 1.807) is 21.1 Å². The number of amides is 3. The van der Waals surface area contributed by atoms with Crippen LogP contribution in [0.3, 0.4) is 0 Å². The molecule has 3 amide bonds. The van der Waals surface area contributed by atoms with Crippen LogP contribution < -0.4 is 5.32 Å². The number of piperidine rings is 1. The molecule has 7 heteroatoms. The molecule has 7 nitrogen and oxygen atoms in total. The third-order valence-electron chi connectivity index (χ3n) is 5.47. The molecule has 0 aromatic rings. The fourth-order valence-electron chi connectivity index (χ4n) is 3.95. The van der Waals surface area contributed by atoms with Gasteiger partial charge in [0.05, 0.1) is 6.61 Å². The summed E-state index contributed by atoms with van der Waals surface area (Å²) in [5, 5.41) is 2.95. The fraction of sp³-hybridized carbons (Fsp3) is 0.882. The van der Waals surface area contributed by atoms with Gasteiger partial charge in [-0.2, -0.15) is 0 Å². The Morgan fingerprint density at radius 3 is 2.46 bits per heavy atom. The molecule has 0 aliphatic carbocycles. The molecule has 2 fully saturated rings. The van der Waals surface area contributed by atoms with Crippen molar-refractivity contribution in [1.29, 1.82) is 0 Å². The highest BCUT2D eigenvalue weighted by molar-refractivity contribution is 5.74. The van der Waals surface area contributed by atoms with E-state index in [0.717, 1.165) is 45.4 Å². The lowest BCUT2D eigenvalue weighted by Gasteiger charge is -2.42. The summed E-state index contributed by atoms with van der Waals surface area (Å²) in [4.78, 5) is 27.8. The topological polar surface area (TPSA) is 71.1 Å². The van der Waals surface area contributed by atoms with Gasteiger partial charge in [-0.3, -0.25) is 4.79 Å². The standard InChI is InChI=1S/C17H31N3O4/c1-14(21)20-11-15(12-24-3)17(13-20)5-8-19(9-6-17)16(22)18-7-4-10-23-2/h15H,4-13H2,1-3H3,(H,18,22). The normalized spacial score (nSPS) is 22.9. The first-order valence-corrected chi connectivity index (χ1v) is 8.78. The van der Waals surface area contributed by atoms with Crippen molar-refractivity contribution < 1.29 is 19.1 Å². The quantitative estimate of drug-likeness (QED) is 0.730. The third kappa shape index (κ3) is 4.39. The van der Waals surface area contributed by atoms with E-state index in [9.17, 15) is 9.59 Å². The summed E-state index contributed by atoms with van der Waals surface area (Å²) >= 11 is 0. The maximum Gasteiger partial charge on any atom is 0.317 e. The van der Waals surface area contributed by atoms with Crippen LogP contribution in [0.4, 0.5) is 4.79 Å². The van der Waals surface area contributed by atoms with E-state index < -0.39 is 0 Å². The number of carbonyl (C=O) groups excluding carboxylic acids is 2. The summed E-state index contributed by atoms with van der Waals surface area (Å²) in [6.45, 7) is 6.64. The van der Waals surface area contributed by atoms with Crippen molar-refractivity contribution in [2.45, 2.75) is 26.2 Å². The van der Waals surface area contributed by atoms with E-state index in [0.29, 0.717) is 25.7 Å². The predicted molar refractivity (Wildman–Crippen MR) is 90.8 cm³/mol. The van der Waals surface area contributed by atoms with Crippen molar-refractivity contribution in [2.75, 3.05) is 60.2 Å². The number of likely N-dealkylation sites (tertiary alicyclic amines) is 2. The van der Waals surface area contributed by atoms with Crippen molar-refractivity contribution in [3.63, 3.8) is 0 Å². The van der Waals surface area contributed by atoms with Crippen LogP contribution >= 0.6 is 0 Å². The van der Waals surface area contributed by atoms with Gasteiger partial charge < -0.3 is 24.6 Å². The van der Waals surface area contributed by atoms with Gasteiger partial charge in [-0.1, -0.05) is 0 Å². The van der Waals surface area contributed by atoms with Crippen molar-refractivity contribution in [3.8, 4) is 0 Å². The first kappa shape index (κ1) is 19.0. The zero-order valence-electron chi connectivity index (χ0n) is 15.2. The summed E-state index contributed by atoms with van der Waals surface area (Å²) in [7, 11) is 3.38. The second-order valence-electron chi connectivity index (χ2n) is 6.98. The lowest BCUT2D eigenvalue weighted by molar-refractivity contribution is -0.128. The van der Waals surface area contributed by atoms with Crippen LogP contribution in [0.25, 0.3) is 0 Å². The molecule has 1 spiro atoms. The van der Waals surface area contributed by atoms with Gasteiger partial charge in [0, 0.05) is 66.4 Å². The Bertz CT molecular complexity index is 436. The van der Waals surface area contributed by atoms with E-state index in [2.05, 4.69) is 5.32 Å². The van der Waals surface area contributed by atoms with E-state index >= 15 is 0 Å². The molecule has 0 bridgehead atoms. The minimum atomic E-state index is 0.00525. The van der Waals surface area contributed by atoms with Gasteiger partial charge in [-0.05, 0) is 24.7 Å². The second-order valence-corrected chi connectivity index (χ2v) is 6.98. The highest BCUT2D eigenvalue weighted by Gasteiger charge is 2.49. The third-order valence-corrected chi connectivity index (χ3v) is 5.47. The predicted octanol–water partition coefficient (Wildman–Crippen LogP) is 0.939. The lowest BCUT2D eigenvalue weighted by atomic mass is 9.71.